The molecule has 1 saturated heterocycles. The summed E-state index contributed by atoms with van der Waals surface area (Å²) in [5, 5.41) is 12.7. The summed E-state index contributed by atoms with van der Waals surface area (Å²) in [7, 11) is 0. The fourth-order valence-electron chi connectivity index (χ4n) is 2.49. The lowest BCUT2D eigenvalue weighted by Crippen LogP contribution is -2.49. The maximum atomic E-state index is 11.6. The number of aliphatic hydroxyl groups excluding tert-OH is 1. The third-order valence-electron chi connectivity index (χ3n) is 3.72. The van der Waals surface area contributed by atoms with Crippen molar-refractivity contribution in [2.75, 3.05) is 26.3 Å². The van der Waals surface area contributed by atoms with Gasteiger partial charge in [0.2, 0.25) is 0 Å². The van der Waals surface area contributed by atoms with Gasteiger partial charge in [-0.25, -0.2) is 4.79 Å². The van der Waals surface area contributed by atoms with E-state index in [0.717, 1.165) is 32.4 Å². The quantitative estimate of drug-likeness (QED) is 0.771. The van der Waals surface area contributed by atoms with Crippen molar-refractivity contribution in [2.24, 2.45) is 5.92 Å². The molecule has 0 radical (unpaired) electrons. The average Bonchev–Trinajstić information content (AvgIpc) is 2.39. The van der Waals surface area contributed by atoms with Crippen LogP contribution in [0.15, 0.2) is 0 Å². The predicted molar refractivity (Wildman–Crippen MR) is 75.1 cm³/mol. The second kappa shape index (κ2) is 8.38. The van der Waals surface area contributed by atoms with Crippen molar-refractivity contribution in [3.8, 4) is 0 Å². The van der Waals surface area contributed by atoms with Crippen LogP contribution in [0.4, 0.5) is 4.79 Å². The van der Waals surface area contributed by atoms with Crippen LogP contribution >= 0.6 is 0 Å². The second-order valence-electron chi connectivity index (χ2n) is 5.49. The molecular weight excluding hydrogens is 244 g/mol. The second-order valence-corrected chi connectivity index (χ2v) is 5.49. The molecule has 112 valence electrons. The van der Waals surface area contributed by atoms with Crippen LogP contribution in [0.3, 0.4) is 0 Å². The summed E-state index contributed by atoms with van der Waals surface area (Å²) in [5.41, 5.74) is 0. The van der Waals surface area contributed by atoms with E-state index in [0.29, 0.717) is 24.6 Å². The van der Waals surface area contributed by atoms with Crippen LogP contribution < -0.4 is 5.32 Å². The zero-order valence-electron chi connectivity index (χ0n) is 12.4. The van der Waals surface area contributed by atoms with Crippen molar-refractivity contribution in [2.45, 2.75) is 52.1 Å². The van der Waals surface area contributed by atoms with Gasteiger partial charge in [-0.1, -0.05) is 13.8 Å². The van der Waals surface area contributed by atoms with Crippen molar-refractivity contribution in [3.05, 3.63) is 0 Å². The third-order valence-corrected chi connectivity index (χ3v) is 3.72. The largest absolute Gasteiger partial charge is 0.450 e. The monoisotopic (exact) mass is 272 g/mol. The highest BCUT2D eigenvalue weighted by Gasteiger charge is 2.25. The van der Waals surface area contributed by atoms with Crippen LogP contribution in [0.25, 0.3) is 0 Å². The molecule has 0 spiro atoms. The van der Waals surface area contributed by atoms with Gasteiger partial charge in [0.1, 0.15) is 0 Å². The van der Waals surface area contributed by atoms with Crippen molar-refractivity contribution < 1.29 is 14.6 Å². The van der Waals surface area contributed by atoms with Gasteiger partial charge < -0.3 is 20.1 Å². The Hall–Kier alpha value is -0.810. The summed E-state index contributed by atoms with van der Waals surface area (Å²) in [6.45, 7) is 8.32. The summed E-state index contributed by atoms with van der Waals surface area (Å²) in [6.07, 6.45) is 2.49. The van der Waals surface area contributed by atoms with E-state index in [9.17, 15) is 4.79 Å². The number of carbonyl (C=O) groups is 1. The van der Waals surface area contributed by atoms with Gasteiger partial charge in [-0.2, -0.15) is 0 Å². The molecule has 1 aliphatic heterocycles. The molecule has 1 unspecified atom stereocenters. The Bertz CT molecular complexity index is 263. The number of hydrogen-bond acceptors (Lipinski definition) is 4. The van der Waals surface area contributed by atoms with Crippen molar-refractivity contribution >= 4 is 6.09 Å². The topological polar surface area (TPSA) is 61.8 Å². The summed E-state index contributed by atoms with van der Waals surface area (Å²) in [4.78, 5) is 13.4. The normalized spacial score (nSPS) is 18.7. The molecule has 5 heteroatoms. The Labute approximate surface area is 116 Å². The molecule has 0 aliphatic carbocycles. The minimum absolute atomic E-state index is 0.197. The molecule has 0 bridgehead atoms. The van der Waals surface area contributed by atoms with Gasteiger partial charge in [-0.05, 0) is 32.1 Å². The Morgan fingerprint density at radius 3 is 2.53 bits per heavy atom. The van der Waals surface area contributed by atoms with E-state index in [1.807, 2.05) is 6.92 Å². The van der Waals surface area contributed by atoms with Crippen LogP contribution in [0.5, 0.6) is 0 Å². The number of aliphatic hydroxyl groups is 1. The minimum Gasteiger partial charge on any atom is -0.450 e. The van der Waals surface area contributed by atoms with Gasteiger partial charge in [0.05, 0.1) is 6.61 Å². The van der Waals surface area contributed by atoms with Crippen LogP contribution in [0.2, 0.25) is 0 Å². The number of rotatable bonds is 6. The van der Waals surface area contributed by atoms with Crippen molar-refractivity contribution in [1.29, 1.82) is 0 Å². The first kappa shape index (κ1) is 16.2. The van der Waals surface area contributed by atoms with Crippen LogP contribution in [-0.4, -0.2) is 54.5 Å². The van der Waals surface area contributed by atoms with E-state index in [4.69, 9.17) is 9.84 Å². The number of ether oxygens (including phenoxy) is 1. The summed E-state index contributed by atoms with van der Waals surface area (Å²) >= 11 is 0. The maximum absolute atomic E-state index is 11.6. The Balaban J connectivity index is 2.34. The van der Waals surface area contributed by atoms with E-state index >= 15 is 0 Å². The smallest absolute Gasteiger partial charge is 0.409 e. The summed E-state index contributed by atoms with van der Waals surface area (Å²) in [5.74, 6) is 0.509. The van der Waals surface area contributed by atoms with Crippen LogP contribution in [0.1, 0.15) is 40.0 Å². The lowest BCUT2D eigenvalue weighted by atomic mass is 9.97. The van der Waals surface area contributed by atoms with Gasteiger partial charge in [-0.15, -0.1) is 0 Å². The van der Waals surface area contributed by atoms with E-state index in [2.05, 4.69) is 19.2 Å². The molecule has 1 aliphatic rings. The number of amides is 1. The lowest BCUT2D eigenvalue weighted by molar-refractivity contribution is 0.0929. The van der Waals surface area contributed by atoms with Gasteiger partial charge in [0.15, 0.2) is 0 Å². The third kappa shape index (κ3) is 5.37. The number of hydrogen-bond donors (Lipinski definition) is 2. The summed E-state index contributed by atoms with van der Waals surface area (Å²) < 4.78 is 5.01. The highest BCUT2D eigenvalue weighted by molar-refractivity contribution is 5.67. The number of nitrogens with one attached hydrogen (secondary N) is 1. The maximum Gasteiger partial charge on any atom is 0.409 e. The molecule has 1 fully saturated rings. The number of likely N-dealkylation sites (tertiary alicyclic amines) is 1. The Morgan fingerprint density at radius 2 is 2.05 bits per heavy atom. The molecule has 1 atom stereocenters. The highest BCUT2D eigenvalue weighted by Crippen LogP contribution is 2.15. The molecule has 1 heterocycles. The zero-order chi connectivity index (χ0) is 14.3. The van der Waals surface area contributed by atoms with Gasteiger partial charge >= 0.3 is 6.09 Å². The highest BCUT2D eigenvalue weighted by atomic mass is 16.6. The molecule has 2 N–H and O–H groups in total. The first-order valence-corrected chi connectivity index (χ1v) is 7.37. The van der Waals surface area contributed by atoms with E-state index < -0.39 is 0 Å². The van der Waals surface area contributed by atoms with Crippen LogP contribution in [-0.2, 0) is 4.74 Å². The van der Waals surface area contributed by atoms with E-state index in [1.54, 1.807) is 4.90 Å². The molecule has 0 aromatic rings. The first-order chi connectivity index (χ1) is 9.08. The predicted octanol–water partition coefficient (Wildman–Crippen LogP) is 1.60. The number of piperidine rings is 1. The lowest BCUT2D eigenvalue weighted by Gasteiger charge is -2.35. The van der Waals surface area contributed by atoms with Gasteiger partial charge in [0, 0.05) is 31.8 Å². The molecule has 0 saturated carbocycles. The number of carbonyl (C=O) groups excluding carboxylic acids is 1. The molecular formula is C14H28N2O3. The average molecular weight is 272 g/mol. The molecule has 1 amide bonds. The van der Waals surface area contributed by atoms with E-state index in [1.165, 1.54) is 0 Å². The van der Waals surface area contributed by atoms with Gasteiger partial charge in [-0.3, -0.25) is 0 Å². The Morgan fingerprint density at radius 1 is 1.42 bits per heavy atom. The molecule has 19 heavy (non-hydrogen) atoms. The first-order valence-electron chi connectivity index (χ1n) is 7.37. The molecule has 0 aromatic heterocycles. The zero-order valence-corrected chi connectivity index (χ0v) is 12.4. The molecule has 0 aromatic carbocycles. The Kier molecular flexibility index (Phi) is 7.16. The minimum atomic E-state index is -0.197. The van der Waals surface area contributed by atoms with Crippen molar-refractivity contribution in [1.82, 2.24) is 10.2 Å². The van der Waals surface area contributed by atoms with Crippen LogP contribution in [0, 0.1) is 5.92 Å². The summed E-state index contributed by atoms with van der Waals surface area (Å²) in [6, 6.07) is 0.786. The molecule has 1 rings (SSSR count). The fraction of sp³-hybridized carbons (Fsp3) is 0.929. The molecule has 5 nitrogen and oxygen atoms in total. The van der Waals surface area contributed by atoms with E-state index in [-0.39, 0.29) is 12.7 Å². The SMILES string of the molecule is CCOC(=O)N1CCC(NC(CCO)C(C)C)CC1. The van der Waals surface area contributed by atoms with Crippen molar-refractivity contribution in [3.63, 3.8) is 0 Å². The fourth-order valence-corrected chi connectivity index (χ4v) is 2.49. The number of nitrogens with zero attached hydrogens (tertiary/aromatic N) is 1. The van der Waals surface area contributed by atoms with Gasteiger partial charge in [0.25, 0.3) is 0 Å². The standard InChI is InChI=1S/C14H28N2O3/c1-4-19-14(18)16-8-5-12(6-9-16)15-13(7-10-17)11(2)3/h11-13,15,17H,4-10H2,1-3H3.